The number of carboxylic acids is 1. The summed E-state index contributed by atoms with van der Waals surface area (Å²) in [5.74, 6) is -1.07. The van der Waals surface area contributed by atoms with Crippen molar-refractivity contribution in [2.75, 3.05) is 12.3 Å². The Balaban J connectivity index is 1.99. The Morgan fingerprint density at radius 3 is 2.94 bits per heavy atom. The number of nitrogens with two attached hydrogens (primary N) is 1. The number of aliphatic carboxylic acids is 1. The van der Waals surface area contributed by atoms with Crippen LogP contribution in [0.25, 0.3) is 0 Å². The molecule has 6 nitrogen and oxygen atoms in total. The van der Waals surface area contributed by atoms with Crippen LogP contribution in [0.15, 0.2) is 18.2 Å². The van der Waals surface area contributed by atoms with E-state index in [0.29, 0.717) is 5.69 Å². The largest absolute Gasteiger partial charge is 0.480 e. The molecule has 0 saturated carbocycles. The van der Waals surface area contributed by atoms with Crippen LogP contribution >= 0.6 is 0 Å². The van der Waals surface area contributed by atoms with Crippen molar-refractivity contribution in [2.45, 2.75) is 18.9 Å². The second-order valence-electron chi connectivity index (χ2n) is 4.27. The fraction of sp³-hybridized carbons (Fsp3) is 0.333. The second-order valence-corrected chi connectivity index (χ2v) is 4.27. The Morgan fingerprint density at radius 1 is 1.44 bits per heavy atom. The molecular weight excluding hydrogens is 234 g/mol. The van der Waals surface area contributed by atoms with Crippen LogP contribution in [0.4, 0.5) is 10.5 Å². The number of benzene rings is 1. The minimum atomic E-state index is -1.07. The van der Waals surface area contributed by atoms with Gasteiger partial charge in [-0.1, -0.05) is 6.07 Å². The van der Waals surface area contributed by atoms with Crippen LogP contribution in [0, 0.1) is 0 Å². The van der Waals surface area contributed by atoms with Crippen LogP contribution in [0.5, 0.6) is 0 Å². The van der Waals surface area contributed by atoms with Crippen molar-refractivity contribution in [3.63, 3.8) is 0 Å². The van der Waals surface area contributed by atoms with E-state index < -0.39 is 12.0 Å². The molecule has 1 atom stereocenters. The molecule has 5 N–H and O–H groups in total. The average Bonchev–Trinajstić information content (AvgIpc) is 2.69. The predicted molar refractivity (Wildman–Crippen MR) is 66.1 cm³/mol. The summed E-state index contributed by atoms with van der Waals surface area (Å²) in [6.45, 7) is -0.387. The van der Waals surface area contributed by atoms with Gasteiger partial charge in [-0.25, -0.2) is 4.79 Å². The van der Waals surface area contributed by atoms with Crippen molar-refractivity contribution in [1.29, 1.82) is 0 Å². The maximum atomic E-state index is 11.5. The summed E-state index contributed by atoms with van der Waals surface area (Å²) in [6, 6.07) is 5.08. The van der Waals surface area contributed by atoms with Gasteiger partial charge in [0.1, 0.15) is 6.54 Å². The van der Waals surface area contributed by atoms with Gasteiger partial charge in [0.05, 0.1) is 6.04 Å². The molecule has 6 heteroatoms. The van der Waals surface area contributed by atoms with E-state index in [1.54, 1.807) is 0 Å². The highest BCUT2D eigenvalue weighted by Gasteiger charge is 2.23. The number of hydrogen-bond acceptors (Lipinski definition) is 3. The van der Waals surface area contributed by atoms with Crippen LogP contribution in [-0.2, 0) is 11.2 Å². The van der Waals surface area contributed by atoms with Crippen LogP contribution in [0.3, 0.4) is 0 Å². The topological polar surface area (TPSA) is 104 Å². The lowest BCUT2D eigenvalue weighted by molar-refractivity contribution is -0.135. The zero-order valence-electron chi connectivity index (χ0n) is 9.77. The van der Waals surface area contributed by atoms with Gasteiger partial charge >= 0.3 is 12.0 Å². The molecule has 2 rings (SSSR count). The normalized spacial score (nSPS) is 17.0. The van der Waals surface area contributed by atoms with Gasteiger partial charge in [-0.2, -0.15) is 0 Å². The number of carboxylic acid groups (broad SMARTS) is 1. The summed E-state index contributed by atoms with van der Waals surface area (Å²) in [4.78, 5) is 21.8. The molecule has 0 spiro atoms. The molecule has 1 aromatic carbocycles. The number of carbonyl (C=O) groups excluding carboxylic acids is 1. The monoisotopic (exact) mass is 249 g/mol. The van der Waals surface area contributed by atoms with Gasteiger partial charge in [-0.3, -0.25) is 4.79 Å². The third-order valence-electron chi connectivity index (χ3n) is 2.95. The van der Waals surface area contributed by atoms with Crippen molar-refractivity contribution in [3.8, 4) is 0 Å². The Hall–Kier alpha value is -2.24. The summed E-state index contributed by atoms with van der Waals surface area (Å²) in [5, 5.41) is 13.5. The first-order valence-corrected chi connectivity index (χ1v) is 5.70. The van der Waals surface area contributed by atoms with Crippen LogP contribution in [0.1, 0.15) is 23.6 Å². The number of rotatable bonds is 3. The van der Waals surface area contributed by atoms with E-state index in [4.69, 9.17) is 10.8 Å². The lowest BCUT2D eigenvalue weighted by Crippen LogP contribution is -2.39. The molecule has 2 amide bonds. The molecule has 1 aromatic rings. The first kappa shape index (κ1) is 12.2. The van der Waals surface area contributed by atoms with Crippen molar-refractivity contribution in [1.82, 2.24) is 10.6 Å². The fourth-order valence-electron chi connectivity index (χ4n) is 2.14. The minimum Gasteiger partial charge on any atom is -0.480 e. The lowest BCUT2D eigenvalue weighted by atomic mass is 10.1. The number of urea groups is 1. The van der Waals surface area contributed by atoms with Crippen molar-refractivity contribution >= 4 is 17.7 Å². The van der Waals surface area contributed by atoms with Gasteiger partial charge < -0.3 is 21.5 Å². The molecule has 96 valence electrons. The zero-order chi connectivity index (χ0) is 13.1. The lowest BCUT2D eigenvalue weighted by Gasteiger charge is -2.14. The number of nitrogens with one attached hydrogen (secondary N) is 2. The first-order chi connectivity index (χ1) is 8.56. The number of hydrogen-bond donors (Lipinski definition) is 4. The second kappa shape index (κ2) is 4.95. The third-order valence-corrected chi connectivity index (χ3v) is 2.95. The molecular formula is C12H15N3O3. The Labute approximate surface area is 104 Å². The number of aryl methyl sites for hydroxylation is 1. The average molecular weight is 249 g/mol. The number of carbonyl (C=O) groups is 2. The highest BCUT2D eigenvalue weighted by Crippen LogP contribution is 2.32. The molecule has 0 bridgehead atoms. The van der Waals surface area contributed by atoms with E-state index in [2.05, 4.69) is 10.6 Å². The summed E-state index contributed by atoms with van der Waals surface area (Å²) in [5.41, 5.74) is 8.56. The highest BCUT2D eigenvalue weighted by molar-refractivity contribution is 5.80. The molecule has 0 saturated heterocycles. The molecule has 1 aliphatic carbocycles. The van der Waals surface area contributed by atoms with Gasteiger partial charge in [0.2, 0.25) is 0 Å². The predicted octanol–water partition coefficient (Wildman–Crippen LogP) is 0.640. The third kappa shape index (κ3) is 2.71. The van der Waals surface area contributed by atoms with Crippen molar-refractivity contribution < 1.29 is 14.7 Å². The van der Waals surface area contributed by atoms with E-state index in [1.165, 1.54) is 5.56 Å². The summed E-state index contributed by atoms with van der Waals surface area (Å²) >= 11 is 0. The number of anilines is 1. The molecule has 0 radical (unpaired) electrons. The Kier molecular flexibility index (Phi) is 3.36. The SMILES string of the molecule is Nc1ccc2c(c1)[C@H](NC(=O)NCC(=O)O)CC2. The van der Waals surface area contributed by atoms with E-state index in [0.717, 1.165) is 18.4 Å². The van der Waals surface area contributed by atoms with Crippen LogP contribution < -0.4 is 16.4 Å². The summed E-state index contributed by atoms with van der Waals surface area (Å²) in [7, 11) is 0. The molecule has 1 aliphatic rings. The molecule has 0 fully saturated rings. The number of nitrogen functional groups attached to an aromatic ring is 1. The highest BCUT2D eigenvalue weighted by atomic mass is 16.4. The quantitative estimate of drug-likeness (QED) is 0.590. The Morgan fingerprint density at radius 2 is 2.22 bits per heavy atom. The minimum absolute atomic E-state index is 0.0997. The molecule has 0 unspecified atom stereocenters. The fourth-order valence-corrected chi connectivity index (χ4v) is 2.14. The Bertz CT molecular complexity index is 487. The van der Waals surface area contributed by atoms with E-state index in [-0.39, 0.29) is 12.6 Å². The molecule has 0 aromatic heterocycles. The van der Waals surface area contributed by atoms with Crippen LogP contribution in [-0.4, -0.2) is 23.7 Å². The van der Waals surface area contributed by atoms with Crippen molar-refractivity contribution in [2.24, 2.45) is 0 Å². The maximum Gasteiger partial charge on any atom is 0.323 e. The van der Waals surface area contributed by atoms with Crippen LogP contribution in [0.2, 0.25) is 0 Å². The molecule has 0 heterocycles. The van der Waals surface area contributed by atoms with E-state index in [9.17, 15) is 9.59 Å². The summed E-state index contributed by atoms with van der Waals surface area (Å²) in [6.07, 6.45) is 1.69. The first-order valence-electron chi connectivity index (χ1n) is 5.70. The van der Waals surface area contributed by atoms with Gasteiger partial charge in [-0.05, 0) is 36.1 Å². The van der Waals surface area contributed by atoms with E-state index in [1.807, 2.05) is 18.2 Å². The van der Waals surface area contributed by atoms with Gasteiger partial charge in [-0.15, -0.1) is 0 Å². The van der Waals surface area contributed by atoms with Crippen molar-refractivity contribution in [3.05, 3.63) is 29.3 Å². The number of amides is 2. The van der Waals surface area contributed by atoms with Gasteiger partial charge in [0.25, 0.3) is 0 Å². The van der Waals surface area contributed by atoms with Gasteiger partial charge in [0.15, 0.2) is 0 Å². The molecule has 18 heavy (non-hydrogen) atoms. The van der Waals surface area contributed by atoms with Gasteiger partial charge in [0, 0.05) is 5.69 Å². The molecule has 0 aliphatic heterocycles. The standard InChI is InChI=1S/C12H15N3O3/c13-8-3-1-7-2-4-10(9(7)5-8)15-12(18)14-6-11(16)17/h1,3,5,10H,2,4,6,13H2,(H,16,17)(H2,14,15,18)/t10-/m1/s1. The smallest absolute Gasteiger partial charge is 0.323 e. The zero-order valence-corrected chi connectivity index (χ0v) is 9.77. The maximum absolute atomic E-state index is 11.5. The van der Waals surface area contributed by atoms with E-state index >= 15 is 0 Å². The summed E-state index contributed by atoms with van der Waals surface area (Å²) < 4.78 is 0. The number of fused-ring (bicyclic) bond motifs is 1.